The standard InChI is InChI=1S/C39H35Cl2N3O4/c40-31-18-21-34(35(41)25-31)36-39(22-7-11-27-9-2-1-3-10-27,43-37(48-36)29-16-19-32(20-17-29)47-24-8-23-45)38(46)44-42-26-30-14-6-13-28-12-4-5-15-33(28)30/h1-7,9-21,25,36,42,45H,8,22-24,26H2,(H,44,46)/b11-7+/t36-,39-/m0/s1. The predicted octanol–water partition coefficient (Wildman–Crippen LogP) is 8.09. The van der Waals surface area contributed by atoms with Crippen molar-refractivity contribution in [3.8, 4) is 5.75 Å². The van der Waals surface area contributed by atoms with E-state index in [1.54, 1.807) is 18.2 Å². The Labute approximate surface area is 289 Å². The summed E-state index contributed by atoms with van der Waals surface area (Å²) in [5.41, 5.74) is 7.94. The van der Waals surface area contributed by atoms with Crippen molar-refractivity contribution in [2.75, 3.05) is 13.2 Å². The Morgan fingerprint density at radius 1 is 0.938 bits per heavy atom. The summed E-state index contributed by atoms with van der Waals surface area (Å²) < 4.78 is 12.3. The third-order valence-electron chi connectivity index (χ3n) is 8.17. The van der Waals surface area contributed by atoms with Gasteiger partial charge in [0.25, 0.3) is 5.91 Å². The van der Waals surface area contributed by atoms with Gasteiger partial charge in [-0.1, -0.05) is 114 Å². The highest BCUT2D eigenvalue weighted by atomic mass is 35.5. The molecule has 1 amide bonds. The number of hydrazine groups is 1. The number of nitrogens with zero attached hydrogens (tertiary/aromatic N) is 1. The molecule has 6 rings (SSSR count). The van der Waals surface area contributed by atoms with E-state index in [1.165, 1.54) is 0 Å². The molecule has 0 saturated heterocycles. The van der Waals surface area contributed by atoms with Gasteiger partial charge >= 0.3 is 0 Å². The number of amides is 1. The van der Waals surface area contributed by atoms with E-state index in [4.69, 9.17) is 42.8 Å². The van der Waals surface area contributed by atoms with E-state index in [1.807, 2.05) is 91.0 Å². The Bertz CT molecular complexity index is 1930. The van der Waals surface area contributed by atoms with Gasteiger partial charge in [0.05, 0.1) is 6.61 Å². The van der Waals surface area contributed by atoms with Crippen LogP contribution in [0.25, 0.3) is 16.8 Å². The second-order valence-corrected chi connectivity index (χ2v) is 12.3. The summed E-state index contributed by atoms with van der Waals surface area (Å²) in [5.74, 6) is 0.566. The first-order chi connectivity index (χ1) is 23.5. The van der Waals surface area contributed by atoms with Gasteiger partial charge in [0.15, 0.2) is 11.6 Å². The molecule has 0 fully saturated rings. The van der Waals surface area contributed by atoms with Gasteiger partial charge in [-0.05, 0) is 58.3 Å². The first-order valence-corrected chi connectivity index (χ1v) is 16.5. The van der Waals surface area contributed by atoms with E-state index in [9.17, 15) is 4.79 Å². The van der Waals surface area contributed by atoms with E-state index in [0.29, 0.717) is 52.4 Å². The molecule has 1 aliphatic heterocycles. The second-order valence-electron chi connectivity index (χ2n) is 11.4. The van der Waals surface area contributed by atoms with Crippen LogP contribution in [0.2, 0.25) is 10.0 Å². The van der Waals surface area contributed by atoms with Crippen molar-refractivity contribution in [3.05, 3.63) is 154 Å². The molecule has 9 heteroatoms. The SMILES string of the molecule is O=C(NNCc1cccc2ccccc12)[C@@]1(C/C=C/c2ccccc2)N=C(c2ccc(OCCCO)cc2)O[C@H]1c1ccc(Cl)cc1Cl. The third-order valence-corrected chi connectivity index (χ3v) is 8.74. The summed E-state index contributed by atoms with van der Waals surface area (Å²) in [4.78, 5) is 19.5. The third kappa shape index (κ3) is 7.56. The zero-order chi connectivity index (χ0) is 33.3. The number of fused-ring (bicyclic) bond motifs is 1. The Balaban J connectivity index is 1.35. The minimum Gasteiger partial charge on any atom is -0.494 e. The fourth-order valence-corrected chi connectivity index (χ4v) is 6.23. The zero-order valence-electron chi connectivity index (χ0n) is 26.1. The van der Waals surface area contributed by atoms with Crippen molar-refractivity contribution in [2.45, 2.75) is 31.0 Å². The molecule has 244 valence electrons. The van der Waals surface area contributed by atoms with Gasteiger partial charge in [-0.25, -0.2) is 10.4 Å². The van der Waals surface area contributed by atoms with E-state index >= 15 is 0 Å². The molecule has 0 radical (unpaired) electrons. The molecule has 1 aliphatic rings. The molecule has 0 spiro atoms. The van der Waals surface area contributed by atoms with Crippen LogP contribution in [-0.4, -0.2) is 35.7 Å². The first kappa shape index (κ1) is 33.2. The molecular weight excluding hydrogens is 645 g/mol. The average Bonchev–Trinajstić information content (AvgIpc) is 3.49. The number of nitrogens with one attached hydrogen (secondary N) is 2. The molecule has 0 aromatic heterocycles. The molecule has 7 nitrogen and oxygen atoms in total. The van der Waals surface area contributed by atoms with Crippen LogP contribution in [0.4, 0.5) is 0 Å². The second kappa shape index (κ2) is 15.5. The van der Waals surface area contributed by atoms with Crippen molar-refractivity contribution in [1.29, 1.82) is 0 Å². The summed E-state index contributed by atoms with van der Waals surface area (Å²) in [6, 6.07) is 36.5. The number of rotatable bonds is 13. The molecule has 1 heterocycles. The monoisotopic (exact) mass is 679 g/mol. The molecule has 0 bridgehead atoms. The summed E-state index contributed by atoms with van der Waals surface area (Å²) >= 11 is 13.1. The highest BCUT2D eigenvalue weighted by Crippen LogP contribution is 2.45. The lowest BCUT2D eigenvalue weighted by Crippen LogP contribution is -2.52. The molecule has 0 unspecified atom stereocenters. The van der Waals surface area contributed by atoms with Crippen LogP contribution in [0, 0.1) is 0 Å². The number of aliphatic hydroxyl groups excluding tert-OH is 1. The highest BCUT2D eigenvalue weighted by molar-refractivity contribution is 6.35. The van der Waals surface area contributed by atoms with Crippen LogP contribution >= 0.6 is 23.2 Å². The molecule has 2 atom stereocenters. The Hall–Kier alpha value is -4.66. The zero-order valence-corrected chi connectivity index (χ0v) is 27.6. The lowest BCUT2D eigenvalue weighted by molar-refractivity contribution is -0.129. The van der Waals surface area contributed by atoms with Crippen molar-refractivity contribution in [1.82, 2.24) is 10.9 Å². The Kier molecular flexibility index (Phi) is 10.7. The topological polar surface area (TPSA) is 92.2 Å². The maximum atomic E-state index is 14.5. The van der Waals surface area contributed by atoms with Crippen LogP contribution in [-0.2, 0) is 16.1 Å². The number of halogens is 2. The average molecular weight is 681 g/mol. The van der Waals surface area contributed by atoms with Crippen LogP contribution in [0.3, 0.4) is 0 Å². The molecule has 5 aromatic carbocycles. The minimum absolute atomic E-state index is 0.0526. The molecule has 0 saturated carbocycles. The van der Waals surface area contributed by atoms with Gasteiger partial charge in [0.1, 0.15) is 5.75 Å². The summed E-state index contributed by atoms with van der Waals surface area (Å²) in [6.45, 7) is 0.842. The smallest absolute Gasteiger partial charge is 0.266 e. The number of carbonyl (C=O) groups excluding carboxylic acids is 1. The van der Waals surface area contributed by atoms with Crippen LogP contribution in [0.1, 0.15) is 41.2 Å². The number of benzene rings is 5. The number of ether oxygens (including phenoxy) is 2. The fraction of sp³-hybridized carbons (Fsp3) is 0.179. The summed E-state index contributed by atoms with van der Waals surface area (Å²) in [5, 5.41) is 12.1. The van der Waals surface area contributed by atoms with E-state index in [-0.39, 0.29) is 18.9 Å². The van der Waals surface area contributed by atoms with Gasteiger partial charge in [-0.3, -0.25) is 10.2 Å². The lowest BCUT2D eigenvalue weighted by Gasteiger charge is -2.30. The highest BCUT2D eigenvalue weighted by Gasteiger charge is 2.53. The maximum absolute atomic E-state index is 14.5. The fourth-order valence-electron chi connectivity index (χ4n) is 5.72. The summed E-state index contributed by atoms with van der Waals surface area (Å²) in [7, 11) is 0. The van der Waals surface area contributed by atoms with Gasteiger partial charge in [-0.2, -0.15) is 0 Å². The van der Waals surface area contributed by atoms with Crippen LogP contribution in [0.15, 0.2) is 126 Å². The number of aliphatic imine (C=N–C) groups is 1. The van der Waals surface area contributed by atoms with Crippen molar-refractivity contribution in [3.63, 3.8) is 0 Å². The lowest BCUT2D eigenvalue weighted by atomic mass is 9.84. The van der Waals surface area contributed by atoms with Crippen molar-refractivity contribution < 1.29 is 19.4 Å². The van der Waals surface area contributed by atoms with E-state index in [0.717, 1.165) is 21.9 Å². The maximum Gasteiger partial charge on any atom is 0.266 e. The predicted molar refractivity (Wildman–Crippen MR) is 192 cm³/mol. The normalized spacial score (nSPS) is 17.3. The van der Waals surface area contributed by atoms with E-state index in [2.05, 4.69) is 29.1 Å². The molecule has 3 N–H and O–H groups in total. The summed E-state index contributed by atoms with van der Waals surface area (Å²) in [6.07, 6.45) is 3.76. The van der Waals surface area contributed by atoms with Gasteiger partial charge in [0, 0.05) is 47.2 Å². The number of hydrogen-bond acceptors (Lipinski definition) is 6. The Morgan fingerprint density at radius 2 is 1.71 bits per heavy atom. The van der Waals surface area contributed by atoms with Crippen molar-refractivity contribution in [2.24, 2.45) is 4.99 Å². The Morgan fingerprint density at radius 3 is 2.50 bits per heavy atom. The van der Waals surface area contributed by atoms with Gasteiger partial charge in [0.2, 0.25) is 5.90 Å². The van der Waals surface area contributed by atoms with Crippen LogP contribution < -0.4 is 15.6 Å². The number of hydrogen-bond donors (Lipinski definition) is 3. The first-order valence-electron chi connectivity index (χ1n) is 15.7. The molecule has 5 aromatic rings. The molecule has 48 heavy (non-hydrogen) atoms. The van der Waals surface area contributed by atoms with Crippen molar-refractivity contribution >= 4 is 51.9 Å². The largest absolute Gasteiger partial charge is 0.494 e. The van der Waals surface area contributed by atoms with E-state index < -0.39 is 11.6 Å². The van der Waals surface area contributed by atoms with Crippen LogP contribution in [0.5, 0.6) is 5.75 Å². The van der Waals surface area contributed by atoms with Gasteiger partial charge in [-0.15, -0.1) is 0 Å². The number of carbonyl (C=O) groups is 1. The molecular formula is C39H35Cl2N3O4. The van der Waals surface area contributed by atoms with Gasteiger partial charge < -0.3 is 14.6 Å². The minimum atomic E-state index is -1.44. The molecule has 0 aliphatic carbocycles. The quantitative estimate of drug-likeness (QED) is 0.0864. The number of aliphatic hydroxyl groups is 1.